The molecule has 4 nitrogen and oxygen atoms in total. The van der Waals surface area contributed by atoms with Crippen molar-refractivity contribution in [2.75, 3.05) is 18.8 Å². The van der Waals surface area contributed by atoms with E-state index in [0.717, 1.165) is 69.4 Å². The molecule has 4 rings (SSSR count). The van der Waals surface area contributed by atoms with Crippen LogP contribution in [0.3, 0.4) is 0 Å². The summed E-state index contributed by atoms with van der Waals surface area (Å²) in [5, 5.41) is 1.23. The second-order valence-electron chi connectivity index (χ2n) is 8.39. The zero-order valence-corrected chi connectivity index (χ0v) is 21.3. The van der Waals surface area contributed by atoms with E-state index >= 15 is 0 Å². The fraction of sp³-hybridized carbons (Fsp3) is 0.269. The fourth-order valence-corrected chi connectivity index (χ4v) is 5.76. The molecule has 0 atom stereocenters. The predicted molar refractivity (Wildman–Crippen MR) is 140 cm³/mol. The number of anilines is 1. The van der Waals surface area contributed by atoms with E-state index in [9.17, 15) is 4.79 Å². The molecule has 1 amide bonds. The minimum atomic E-state index is 0.116. The summed E-state index contributed by atoms with van der Waals surface area (Å²) in [5.41, 5.74) is 12.5. The van der Waals surface area contributed by atoms with Crippen molar-refractivity contribution in [3.63, 3.8) is 0 Å². The smallest absolute Gasteiger partial charge is 0.255 e. The molecule has 3 aromatic rings. The topological polar surface area (TPSA) is 62.1 Å². The lowest BCUT2D eigenvalue weighted by Crippen LogP contribution is -2.28. The van der Waals surface area contributed by atoms with Crippen LogP contribution in [-0.2, 0) is 0 Å². The highest BCUT2D eigenvalue weighted by Gasteiger charge is 2.25. The number of nitrogens with zero attached hydrogens (tertiary/aromatic N) is 1. The van der Waals surface area contributed by atoms with E-state index < -0.39 is 0 Å². The number of aryl methyl sites for hydroxylation is 1. The molecule has 2 aromatic carbocycles. The number of nitrogens with one attached hydrogen (secondary N) is 1. The molecule has 1 aliphatic rings. The average Bonchev–Trinajstić information content (AvgIpc) is 3.40. The molecule has 1 aromatic heterocycles. The second-order valence-corrected chi connectivity index (χ2v) is 10.3. The van der Waals surface area contributed by atoms with Gasteiger partial charge in [-0.25, -0.2) is 0 Å². The Bertz CT molecular complexity index is 1220. The van der Waals surface area contributed by atoms with Gasteiger partial charge in [-0.1, -0.05) is 41.0 Å². The van der Waals surface area contributed by atoms with E-state index in [4.69, 9.17) is 28.9 Å². The van der Waals surface area contributed by atoms with Crippen molar-refractivity contribution < 1.29 is 4.79 Å². The molecule has 1 fully saturated rings. The summed E-state index contributed by atoms with van der Waals surface area (Å²) in [5.74, 6) is 0.116. The number of allylic oxidation sites excluding steroid dienone is 1. The van der Waals surface area contributed by atoms with E-state index in [1.54, 1.807) is 0 Å². The normalized spacial score (nSPS) is 14.2. The Morgan fingerprint density at radius 3 is 2.45 bits per heavy atom. The molecular formula is C26H27Cl2N3OS. The van der Waals surface area contributed by atoms with Crippen LogP contribution in [0.2, 0.25) is 10.0 Å². The molecule has 0 radical (unpaired) electrons. The lowest BCUT2D eigenvalue weighted by molar-refractivity contribution is 0.0791. The number of benzene rings is 2. The number of H-pyrrole nitrogens is 1. The molecule has 1 aliphatic heterocycles. The maximum absolute atomic E-state index is 13.0. The first-order chi connectivity index (χ1) is 15.8. The SMILES string of the molecule is C/C(=C\c1[nH]c(C)c(C(=O)N2CCCC2)c1C)c1cc(Sc2c(Cl)cccc2Cl)ccc1N. The zero-order valence-electron chi connectivity index (χ0n) is 19.0. The van der Waals surface area contributed by atoms with Crippen LogP contribution in [0.1, 0.15) is 52.6 Å². The second kappa shape index (κ2) is 9.88. The number of halogens is 2. The van der Waals surface area contributed by atoms with Crippen LogP contribution in [0.5, 0.6) is 0 Å². The number of aromatic amines is 1. The van der Waals surface area contributed by atoms with Gasteiger partial charge in [0.1, 0.15) is 0 Å². The molecule has 0 saturated carbocycles. The van der Waals surface area contributed by atoms with Crippen molar-refractivity contribution in [3.8, 4) is 0 Å². The van der Waals surface area contributed by atoms with Crippen LogP contribution >= 0.6 is 35.0 Å². The monoisotopic (exact) mass is 499 g/mol. The van der Waals surface area contributed by atoms with Crippen LogP contribution in [0, 0.1) is 13.8 Å². The van der Waals surface area contributed by atoms with Gasteiger partial charge in [-0.2, -0.15) is 0 Å². The summed E-state index contributed by atoms with van der Waals surface area (Å²) >= 11 is 14.2. The van der Waals surface area contributed by atoms with Gasteiger partial charge in [-0.15, -0.1) is 0 Å². The third kappa shape index (κ3) is 4.96. The number of nitrogen functional groups attached to an aromatic ring is 1. The van der Waals surface area contributed by atoms with E-state index in [2.05, 4.69) is 11.1 Å². The van der Waals surface area contributed by atoms with Crippen LogP contribution in [0.4, 0.5) is 5.69 Å². The Balaban J connectivity index is 1.65. The number of carbonyl (C=O) groups excluding carboxylic acids is 1. The van der Waals surface area contributed by atoms with Crippen LogP contribution < -0.4 is 5.73 Å². The van der Waals surface area contributed by atoms with Crippen molar-refractivity contribution >= 4 is 58.2 Å². The Hall–Kier alpha value is -2.34. The van der Waals surface area contributed by atoms with Gasteiger partial charge in [0.05, 0.1) is 15.6 Å². The summed E-state index contributed by atoms with van der Waals surface area (Å²) < 4.78 is 0. The van der Waals surface area contributed by atoms with Gasteiger partial charge in [0.25, 0.3) is 5.91 Å². The molecule has 0 spiro atoms. The van der Waals surface area contributed by atoms with Gasteiger partial charge >= 0.3 is 0 Å². The molecule has 0 aliphatic carbocycles. The van der Waals surface area contributed by atoms with Gasteiger partial charge in [0.2, 0.25) is 0 Å². The molecule has 7 heteroatoms. The van der Waals surface area contributed by atoms with Gasteiger partial charge in [-0.05, 0) is 81.2 Å². The first kappa shape index (κ1) is 23.8. The minimum Gasteiger partial charge on any atom is -0.398 e. The van der Waals surface area contributed by atoms with Crippen LogP contribution in [-0.4, -0.2) is 28.9 Å². The van der Waals surface area contributed by atoms with E-state index in [-0.39, 0.29) is 5.91 Å². The zero-order chi connectivity index (χ0) is 23.7. The van der Waals surface area contributed by atoms with E-state index in [1.807, 2.05) is 62.1 Å². The summed E-state index contributed by atoms with van der Waals surface area (Å²) in [6.07, 6.45) is 4.21. The molecule has 33 heavy (non-hydrogen) atoms. The molecular weight excluding hydrogens is 473 g/mol. The lowest BCUT2D eigenvalue weighted by atomic mass is 10.0. The maximum Gasteiger partial charge on any atom is 0.255 e. The largest absolute Gasteiger partial charge is 0.398 e. The van der Waals surface area contributed by atoms with E-state index in [0.29, 0.717) is 15.7 Å². The number of amides is 1. The Morgan fingerprint density at radius 2 is 1.79 bits per heavy atom. The Kier molecular flexibility index (Phi) is 7.13. The highest BCUT2D eigenvalue weighted by atomic mass is 35.5. The molecule has 3 N–H and O–H groups in total. The molecule has 1 saturated heterocycles. The number of carbonyl (C=O) groups is 1. The third-order valence-corrected chi connectivity index (χ3v) is 8.02. The molecule has 2 heterocycles. The maximum atomic E-state index is 13.0. The number of nitrogens with two attached hydrogens (primary N) is 1. The Morgan fingerprint density at radius 1 is 1.12 bits per heavy atom. The first-order valence-corrected chi connectivity index (χ1v) is 12.5. The highest BCUT2D eigenvalue weighted by molar-refractivity contribution is 7.99. The third-order valence-electron chi connectivity index (χ3n) is 6.03. The molecule has 172 valence electrons. The number of hydrogen-bond donors (Lipinski definition) is 2. The Labute approximate surface area is 209 Å². The van der Waals surface area contributed by atoms with Crippen LogP contribution in [0.15, 0.2) is 46.2 Å². The average molecular weight is 500 g/mol. The van der Waals surface area contributed by atoms with Crippen molar-refractivity contribution in [1.29, 1.82) is 0 Å². The van der Waals surface area contributed by atoms with Crippen molar-refractivity contribution in [3.05, 3.63) is 74.5 Å². The number of hydrogen-bond acceptors (Lipinski definition) is 3. The highest BCUT2D eigenvalue weighted by Crippen LogP contribution is 2.40. The minimum absolute atomic E-state index is 0.116. The number of aromatic nitrogens is 1. The van der Waals surface area contributed by atoms with Crippen molar-refractivity contribution in [2.24, 2.45) is 0 Å². The van der Waals surface area contributed by atoms with Crippen molar-refractivity contribution in [2.45, 2.75) is 43.4 Å². The lowest BCUT2D eigenvalue weighted by Gasteiger charge is -2.15. The predicted octanol–water partition coefficient (Wildman–Crippen LogP) is 7.47. The fourth-order valence-electron chi connectivity index (χ4n) is 4.25. The standard InChI is InChI=1S/C26H27Cl2N3OS/c1-15(13-23-16(2)24(17(3)30-23)26(32)31-11-4-5-12-31)19-14-18(9-10-22(19)29)33-25-20(27)7-6-8-21(25)28/h6-10,13-14,30H,4-5,11-12,29H2,1-3H3/b15-13+. The summed E-state index contributed by atoms with van der Waals surface area (Å²) in [4.78, 5) is 20.2. The summed E-state index contributed by atoms with van der Waals surface area (Å²) in [6.45, 7) is 7.66. The first-order valence-electron chi connectivity index (χ1n) is 10.9. The van der Waals surface area contributed by atoms with Gasteiger partial charge < -0.3 is 15.6 Å². The van der Waals surface area contributed by atoms with Gasteiger partial charge in [-0.3, -0.25) is 4.79 Å². The number of rotatable bonds is 5. The quantitative estimate of drug-likeness (QED) is 0.357. The van der Waals surface area contributed by atoms with Gasteiger partial charge in [0, 0.05) is 45.5 Å². The molecule has 0 unspecified atom stereocenters. The summed E-state index contributed by atoms with van der Waals surface area (Å²) in [6, 6.07) is 11.4. The van der Waals surface area contributed by atoms with Crippen LogP contribution in [0.25, 0.3) is 11.6 Å². The van der Waals surface area contributed by atoms with Gasteiger partial charge in [0.15, 0.2) is 0 Å². The van der Waals surface area contributed by atoms with E-state index in [1.165, 1.54) is 11.8 Å². The summed E-state index contributed by atoms with van der Waals surface area (Å²) in [7, 11) is 0. The van der Waals surface area contributed by atoms with Crippen molar-refractivity contribution in [1.82, 2.24) is 9.88 Å². The number of likely N-dealkylation sites (tertiary alicyclic amines) is 1. The molecule has 0 bridgehead atoms.